The molecule has 2 aromatic heterocycles. The smallest absolute Gasteiger partial charge is 0.263 e. The summed E-state index contributed by atoms with van der Waals surface area (Å²) in [6.07, 6.45) is 1.46. The van der Waals surface area contributed by atoms with Gasteiger partial charge in [-0.2, -0.15) is 4.98 Å². The van der Waals surface area contributed by atoms with Gasteiger partial charge in [0.05, 0.1) is 10.7 Å². The molecule has 0 saturated heterocycles. The van der Waals surface area contributed by atoms with E-state index in [0.717, 1.165) is 4.47 Å². The number of aromatic hydroxyl groups is 1. The Balaban J connectivity index is 2.15. The summed E-state index contributed by atoms with van der Waals surface area (Å²) >= 11 is 6.60. The highest BCUT2D eigenvalue weighted by Gasteiger charge is 2.16. The molecular weight excluding hydrogens is 404 g/mol. The first-order valence-electron chi connectivity index (χ1n) is 5.89. The number of halogens is 2. The molecule has 0 fully saturated rings. The van der Waals surface area contributed by atoms with Crippen molar-refractivity contribution in [2.24, 2.45) is 0 Å². The molecular formula is C14H8Br2N2O3. The first kappa shape index (κ1) is 14.1. The maximum Gasteiger partial charge on any atom is 0.263 e. The lowest BCUT2D eigenvalue weighted by Gasteiger charge is -2.05. The van der Waals surface area contributed by atoms with E-state index < -0.39 is 5.56 Å². The standard InChI is InChI=1S/C14H8Br2N2O3/c15-8-3-1-7(2-4-8)10-13(19)17-12(18-14(10)20)11-9(16)5-6-21-11/h1-6H,(H2,17,18,19,20). The van der Waals surface area contributed by atoms with Gasteiger partial charge in [0.15, 0.2) is 11.6 Å². The van der Waals surface area contributed by atoms with Crippen LogP contribution in [0.2, 0.25) is 0 Å². The van der Waals surface area contributed by atoms with Crippen molar-refractivity contribution in [2.75, 3.05) is 0 Å². The highest BCUT2D eigenvalue weighted by Crippen LogP contribution is 2.30. The minimum Gasteiger partial charge on any atom is -0.493 e. The highest BCUT2D eigenvalue weighted by atomic mass is 79.9. The van der Waals surface area contributed by atoms with E-state index in [-0.39, 0.29) is 17.3 Å². The monoisotopic (exact) mass is 410 g/mol. The van der Waals surface area contributed by atoms with Crippen LogP contribution in [0.3, 0.4) is 0 Å². The zero-order chi connectivity index (χ0) is 15.0. The van der Waals surface area contributed by atoms with Gasteiger partial charge >= 0.3 is 0 Å². The molecule has 0 saturated carbocycles. The summed E-state index contributed by atoms with van der Waals surface area (Å²) in [6.45, 7) is 0. The van der Waals surface area contributed by atoms with Gasteiger partial charge in [-0.15, -0.1) is 0 Å². The largest absolute Gasteiger partial charge is 0.493 e. The van der Waals surface area contributed by atoms with Crippen LogP contribution >= 0.6 is 31.9 Å². The molecule has 21 heavy (non-hydrogen) atoms. The average molecular weight is 412 g/mol. The van der Waals surface area contributed by atoms with Gasteiger partial charge in [0.2, 0.25) is 5.88 Å². The van der Waals surface area contributed by atoms with E-state index in [1.165, 1.54) is 6.26 Å². The van der Waals surface area contributed by atoms with Crippen molar-refractivity contribution in [1.82, 2.24) is 9.97 Å². The summed E-state index contributed by atoms with van der Waals surface area (Å²) in [7, 11) is 0. The highest BCUT2D eigenvalue weighted by molar-refractivity contribution is 9.10. The molecule has 3 rings (SSSR count). The number of furan rings is 1. The number of aromatic nitrogens is 2. The Labute approximate surface area is 135 Å². The summed E-state index contributed by atoms with van der Waals surface area (Å²) in [5.41, 5.74) is 0.256. The van der Waals surface area contributed by atoms with E-state index in [4.69, 9.17) is 4.42 Å². The van der Waals surface area contributed by atoms with Gasteiger partial charge in [0, 0.05) is 4.47 Å². The quantitative estimate of drug-likeness (QED) is 0.669. The topological polar surface area (TPSA) is 79.1 Å². The second kappa shape index (κ2) is 5.50. The molecule has 7 heteroatoms. The second-order valence-electron chi connectivity index (χ2n) is 4.22. The maximum atomic E-state index is 12.2. The summed E-state index contributed by atoms with van der Waals surface area (Å²) < 4.78 is 6.75. The Morgan fingerprint density at radius 3 is 2.43 bits per heavy atom. The normalized spacial score (nSPS) is 10.8. The molecule has 0 bridgehead atoms. The first-order valence-corrected chi connectivity index (χ1v) is 7.47. The number of nitrogens with one attached hydrogen (secondary N) is 1. The summed E-state index contributed by atoms with van der Waals surface area (Å²) in [5, 5.41) is 10.1. The van der Waals surface area contributed by atoms with Crippen LogP contribution in [-0.4, -0.2) is 15.1 Å². The van der Waals surface area contributed by atoms with E-state index in [1.807, 2.05) is 0 Å². The van der Waals surface area contributed by atoms with Crippen LogP contribution < -0.4 is 5.56 Å². The number of benzene rings is 1. The molecule has 0 amide bonds. The Hall–Kier alpha value is -1.86. The molecule has 0 radical (unpaired) electrons. The van der Waals surface area contributed by atoms with Crippen LogP contribution in [-0.2, 0) is 0 Å². The van der Waals surface area contributed by atoms with Crippen LogP contribution in [0.15, 0.2) is 54.8 Å². The van der Waals surface area contributed by atoms with Crippen molar-refractivity contribution in [3.63, 3.8) is 0 Å². The van der Waals surface area contributed by atoms with Gasteiger partial charge in [-0.25, -0.2) is 0 Å². The van der Waals surface area contributed by atoms with E-state index in [1.54, 1.807) is 30.3 Å². The fourth-order valence-electron chi connectivity index (χ4n) is 1.91. The molecule has 0 aliphatic carbocycles. The number of rotatable bonds is 2. The van der Waals surface area contributed by atoms with Gasteiger partial charge in [0.25, 0.3) is 5.56 Å². The Bertz CT molecular complexity index is 853. The van der Waals surface area contributed by atoms with Crippen LogP contribution in [0.1, 0.15) is 0 Å². The van der Waals surface area contributed by atoms with Crippen LogP contribution in [0.4, 0.5) is 0 Å². The number of H-pyrrole nitrogens is 1. The SMILES string of the molecule is O=c1[nH]c(-c2occc2Br)nc(O)c1-c1ccc(Br)cc1. The van der Waals surface area contributed by atoms with Crippen molar-refractivity contribution in [3.05, 3.63) is 55.9 Å². The predicted octanol–water partition coefficient (Wildman–Crippen LogP) is 3.93. The summed E-state index contributed by atoms with van der Waals surface area (Å²) in [5.74, 6) is 0.166. The third-order valence-corrected chi connectivity index (χ3v) is 4.02. The van der Waals surface area contributed by atoms with Crippen molar-refractivity contribution in [1.29, 1.82) is 0 Å². The van der Waals surface area contributed by atoms with Gasteiger partial charge in [0.1, 0.15) is 5.56 Å². The first-order chi connectivity index (χ1) is 10.1. The predicted molar refractivity (Wildman–Crippen MR) is 85.1 cm³/mol. The van der Waals surface area contributed by atoms with Gasteiger partial charge < -0.3 is 14.5 Å². The fourth-order valence-corrected chi connectivity index (χ4v) is 2.56. The number of nitrogens with zero attached hydrogens (tertiary/aromatic N) is 1. The number of aromatic amines is 1. The zero-order valence-corrected chi connectivity index (χ0v) is 13.6. The van der Waals surface area contributed by atoms with Crippen molar-refractivity contribution in [2.45, 2.75) is 0 Å². The minimum absolute atomic E-state index is 0.119. The molecule has 0 aliphatic rings. The Morgan fingerprint density at radius 2 is 1.86 bits per heavy atom. The number of hydrogen-bond acceptors (Lipinski definition) is 4. The molecule has 3 aromatic rings. The lowest BCUT2D eigenvalue weighted by Crippen LogP contribution is -2.12. The Kier molecular flexibility index (Phi) is 3.69. The summed E-state index contributed by atoms with van der Waals surface area (Å²) in [6, 6.07) is 8.68. The van der Waals surface area contributed by atoms with Gasteiger partial charge in [-0.1, -0.05) is 28.1 Å². The summed E-state index contributed by atoms with van der Waals surface area (Å²) in [4.78, 5) is 18.8. The zero-order valence-electron chi connectivity index (χ0n) is 10.4. The van der Waals surface area contributed by atoms with E-state index in [9.17, 15) is 9.90 Å². The van der Waals surface area contributed by atoms with Gasteiger partial charge in [-0.05, 0) is 39.7 Å². The molecule has 0 atom stereocenters. The van der Waals surface area contributed by atoms with Crippen LogP contribution in [0.5, 0.6) is 5.88 Å². The molecule has 2 N–H and O–H groups in total. The molecule has 0 unspecified atom stereocenters. The van der Waals surface area contributed by atoms with E-state index in [2.05, 4.69) is 41.8 Å². The van der Waals surface area contributed by atoms with Crippen LogP contribution in [0, 0.1) is 0 Å². The lowest BCUT2D eigenvalue weighted by atomic mass is 10.1. The number of hydrogen-bond donors (Lipinski definition) is 2. The molecule has 0 aliphatic heterocycles. The van der Waals surface area contributed by atoms with E-state index in [0.29, 0.717) is 15.8 Å². The maximum absolute atomic E-state index is 12.2. The molecule has 0 spiro atoms. The van der Waals surface area contributed by atoms with E-state index >= 15 is 0 Å². The van der Waals surface area contributed by atoms with Crippen molar-refractivity contribution < 1.29 is 9.52 Å². The average Bonchev–Trinajstić information content (AvgIpc) is 2.86. The van der Waals surface area contributed by atoms with Crippen LogP contribution in [0.25, 0.3) is 22.7 Å². The van der Waals surface area contributed by atoms with Crippen molar-refractivity contribution >= 4 is 31.9 Å². The third-order valence-electron chi connectivity index (χ3n) is 2.87. The lowest BCUT2D eigenvalue weighted by molar-refractivity contribution is 0.452. The molecule has 106 valence electrons. The minimum atomic E-state index is -0.442. The van der Waals surface area contributed by atoms with Crippen molar-refractivity contribution in [3.8, 4) is 28.6 Å². The Morgan fingerprint density at radius 1 is 1.14 bits per heavy atom. The fraction of sp³-hybridized carbons (Fsp3) is 0. The second-order valence-corrected chi connectivity index (χ2v) is 5.99. The third kappa shape index (κ3) is 2.66. The molecule has 1 aromatic carbocycles. The van der Waals surface area contributed by atoms with Gasteiger partial charge in [-0.3, -0.25) is 4.79 Å². The molecule has 2 heterocycles. The molecule has 5 nitrogen and oxygen atoms in total.